The summed E-state index contributed by atoms with van der Waals surface area (Å²) in [6.45, 7) is 2.00. The molecule has 0 saturated carbocycles. The van der Waals surface area contributed by atoms with Crippen LogP contribution in [0.2, 0.25) is 0 Å². The van der Waals surface area contributed by atoms with Crippen LogP contribution in [0.4, 0.5) is 0 Å². The van der Waals surface area contributed by atoms with Gasteiger partial charge in [0.15, 0.2) is 0 Å². The summed E-state index contributed by atoms with van der Waals surface area (Å²) in [5, 5.41) is 0. The molecule has 2 aromatic rings. The fourth-order valence-corrected chi connectivity index (χ4v) is 1.80. The standard InChI is InChI=1S/C16H16O3/c1-12-4-3-5-13(10-12)11-16(17)19-15-8-6-14(18-2)7-9-15/h3-10H,11H2,1-2H3. The third kappa shape index (κ3) is 3.85. The first-order chi connectivity index (χ1) is 9.17. The Morgan fingerprint density at radius 2 is 1.74 bits per heavy atom. The van der Waals surface area contributed by atoms with E-state index in [1.54, 1.807) is 31.4 Å². The second-order valence-electron chi connectivity index (χ2n) is 4.32. The molecule has 2 rings (SSSR count). The van der Waals surface area contributed by atoms with Crippen molar-refractivity contribution in [3.63, 3.8) is 0 Å². The van der Waals surface area contributed by atoms with Gasteiger partial charge < -0.3 is 9.47 Å². The largest absolute Gasteiger partial charge is 0.497 e. The predicted octanol–water partition coefficient (Wildman–Crippen LogP) is 3.15. The second kappa shape index (κ2) is 6.05. The van der Waals surface area contributed by atoms with Gasteiger partial charge in [-0.05, 0) is 36.8 Å². The van der Waals surface area contributed by atoms with Gasteiger partial charge in [-0.3, -0.25) is 4.79 Å². The molecule has 0 saturated heterocycles. The van der Waals surface area contributed by atoms with E-state index in [1.807, 2.05) is 31.2 Å². The van der Waals surface area contributed by atoms with Gasteiger partial charge >= 0.3 is 5.97 Å². The van der Waals surface area contributed by atoms with E-state index >= 15 is 0 Å². The maximum absolute atomic E-state index is 11.8. The van der Waals surface area contributed by atoms with Crippen LogP contribution >= 0.6 is 0 Å². The van der Waals surface area contributed by atoms with Crippen LogP contribution in [0.25, 0.3) is 0 Å². The minimum Gasteiger partial charge on any atom is -0.497 e. The first-order valence-corrected chi connectivity index (χ1v) is 6.07. The lowest BCUT2D eigenvalue weighted by Crippen LogP contribution is -2.11. The van der Waals surface area contributed by atoms with Crippen LogP contribution in [-0.4, -0.2) is 13.1 Å². The fraction of sp³-hybridized carbons (Fsp3) is 0.188. The smallest absolute Gasteiger partial charge is 0.315 e. The Hall–Kier alpha value is -2.29. The van der Waals surface area contributed by atoms with Crippen LogP contribution in [0.5, 0.6) is 11.5 Å². The highest BCUT2D eigenvalue weighted by molar-refractivity contribution is 5.75. The molecule has 3 heteroatoms. The average molecular weight is 256 g/mol. The molecule has 0 amide bonds. The van der Waals surface area contributed by atoms with Crippen LogP contribution < -0.4 is 9.47 Å². The lowest BCUT2D eigenvalue weighted by atomic mass is 10.1. The van der Waals surface area contributed by atoms with E-state index in [1.165, 1.54) is 0 Å². The summed E-state index contributed by atoms with van der Waals surface area (Å²) >= 11 is 0. The Labute approximate surface area is 112 Å². The van der Waals surface area contributed by atoms with Crippen molar-refractivity contribution in [2.75, 3.05) is 7.11 Å². The topological polar surface area (TPSA) is 35.5 Å². The van der Waals surface area contributed by atoms with Gasteiger partial charge in [-0.1, -0.05) is 29.8 Å². The summed E-state index contributed by atoms with van der Waals surface area (Å²) in [4.78, 5) is 11.8. The van der Waals surface area contributed by atoms with E-state index < -0.39 is 0 Å². The molecular formula is C16H16O3. The third-order valence-corrected chi connectivity index (χ3v) is 2.72. The van der Waals surface area contributed by atoms with Gasteiger partial charge in [0, 0.05) is 0 Å². The van der Waals surface area contributed by atoms with Gasteiger partial charge in [0.1, 0.15) is 11.5 Å². The summed E-state index contributed by atoms with van der Waals surface area (Å²) < 4.78 is 10.3. The Morgan fingerprint density at radius 3 is 2.37 bits per heavy atom. The quantitative estimate of drug-likeness (QED) is 0.622. The van der Waals surface area contributed by atoms with E-state index in [0.717, 1.165) is 16.9 Å². The van der Waals surface area contributed by atoms with Crippen molar-refractivity contribution < 1.29 is 14.3 Å². The van der Waals surface area contributed by atoms with E-state index in [0.29, 0.717) is 5.75 Å². The van der Waals surface area contributed by atoms with Gasteiger partial charge in [-0.15, -0.1) is 0 Å². The van der Waals surface area contributed by atoms with Crippen LogP contribution in [0, 0.1) is 6.92 Å². The summed E-state index contributed by atoms with van der Waals surface area (Å²) in [5.41, 5.74) is 2.09. The number of carbonyl (C=O) groups excluding carboxylic acids is 1. The molecule has 98 valence electrons. The van der Waals surface area contributed by atoms with Crippen molar-refractivity contribution in [1.82, 2.24) is 0 Å². The monoisotopic (exact) mass is 256 g/mol. The fourth-order valence-electron chi connectivity index (χ4n) is 1.80. The van der Waals surface area contributed by atoms with Crippen LogP contribution in [-0.2, 0) is 11.2 Å². The van der Waals surface area contributed by atoms with E-state index in [-0.39, 0.29) is 12.4 Å². The molecule has 0 aliphatic rings. The molecule has 0 heterocycles. The van der Waals surface area contributed by atoms with Crippen LogP contribution in [0.15, 0.2) is 48.5 Å². The van der Waals surface area contributed by atoms with Gasteiger partial charge in [0.2, 0.25) is 0 Å². The zero-order valence-electron chi connectivity index (χ0n) is 11.1. The Balaban J connectivity index is 1.97. The number of aryl methyl sites for hydroxylation is 1. The maximum atomic E-state index is 11.8. The molecule has 2 aromatic carbocycles. The van der Waals surface area contributed by atoms with E-state index in [2.05, 4.69) is 0 Å². The first-order valence-electron chi connectivity index (χ1n) is 6.07. The number of hydrogen-bond acceptors (Lipinski definition) is 3. The third-order valence-electron chi connectivity index (χ3n) is 2.72. The summed E-state index contributed by atoms with van der Waals surface area (Å²) in [6.07, 6.45) is 0.272. The highest BCUT2D eigenvalue weighted by Crippen LogP contribution is 2.17. The van der Waals surface area contributed by atoms with E-state index in [4.69, 9.17) is 9.47 Å². The molecule has 0 bridgehead atoms. The molecule has 0 atom stereocenters. The molecule has 0 aliphatic heterocycles. The number of rotatable bonds is 4. The number of benzene rings is 2. The molecule has 0 radical (unpaired) electrons. The molecule has 3 nitrogen and oxygen atoms in total. The molecule has 0 N–H and O–H groups in total. The van der Waals surface area contributed by atoms with Crippen LogP contribution in [0.1, 0.15) is 11.1 Å². The van der Waals surface area contributed by atoms with Gasteiger partial charge in [0.25, 0.3) is 0 Å². The zero-order valence-corrected chi connectivity index (χ0v) is 11.1. The molecular weight excluding hydrogens is 240 g/mol. The SMILES string of the molecule is COc1ccc(OC(=O)Cc2cccc(C)c2)cc1. The number of carbonyl (C=O) groups is 1. The lowest BCUT2D eigenvalue weighted by molar-refractivity contribution is -0.133. The van der Waals surface area contributed by atoms with Gasteiger partial charge in [0.05, 0.1) is 13.5 Å². The minimum atomic E-state index is -0.268. The molecule has 19 heavy (non-hydrogen) atoms. The van der Waals surface area contributed by atoms with Crippen molar-refractivity contribution in [1.29, 1.82) is 0 Å². The van der Waals surface area contributed by atoms with Gasteiger partial charge in [-0.25, -0.2) is 0 Å². The molecule has 0 aliphatic carbocycles. The number of ether oxygens (including phenoxy) is 2. The predicted molar refractivity (Wildman–Crippen MR) is 73.5 cm³/mol. The average Bonchev–Trinajstić information content (AvgIpc) is 2.39. The molecule has 0 spiro atoms. The molecule has 0 fully saturated rings. The zero-order chi connectivity index (χ0) is 13.7. The Morgan fingerprint density at radius 1 is 1.05 bits per heavy atom. The number of methoxy groups -OCH3 is 1. The highest BCUT2D eigenvalue weighted by Gasteiger charge is 2.06. The second-order valence-corrected chi connectivity index (χ2v) is 4.32. The van der Waals surface area contributed by atoms with Crippen molar-refractivity contribution in [2.24, 2.45) is 0 Å². The normalized spacial score (nSPS) is 10.0. The maximum Gasteiger partial charge on any atom is 0.315 e. The van der Waals surface area contributed by atoms with Crippen molar-refractivity contribution >= 4 is 5.97 Å². The van der Waals surface area contributed by atoms with E-state index in [9.17, 15) is 4.79 Å². The minimum absolute atomic E-state index is 0.268. The van der Waals surface area contributed by atoms with Crippen LogP contribution in [0.3, 0.4) is 0 Å². The summed E-state index contributed by atoms with van der Waals surface area (Å²) in [7, 11) is 1.60. The molecule has 0 unspecified atom stereocenters. The summed E-state index contributed by atoms with van der Waals surface area (Å²) in [5.74, 6) is 0.993. The Kier molecular flexibility index (Phi) is 4.18. The highest BCUT2D eigenvalue weighted by atomic mass is 16.5. The number of esters is 1. The van der Waals surface area contributed by atoms with Crippen molar-refractivity contribution in [2.45, 2.75) is 13.3 Å². The summed E-state index contributed by atoms with van der Waals surface area (Å²) in [6, 6.07) is 14.8. The Bertz CT molecular complexity index is 558. The van der Waals surface area contributed by atoms with Crippen molar-refractivity contribution in [3.05, 3.63) is 59.7 Å². The first kappa shape index (κ1) is 13.1. The van der Waals surface area contributed by atoms with Crippen molar-refractivity contribution in [3.8, 4) is 11.5 Å². The van der Waals surface area contributed by atoms with Gasteiger partial charge in [-0.2, -0.15) is 0 Å². The molecule has 0 aromatic heterocycles. The lowest BCUT2D eigenvalue weighted by Gasteiger charge is -2.06. The number of hydrogen-bond donors (Lipinski definition) is 0.